The minimum absolute atomic E-state index is 0.194. The van der Waals surface area contributed by atoms with E-state index in [0.29, 0.717) is 55.9 Å². The van der Waals surface area contributed by atoms with Crippen LogP contribution in [0.4, 0.5) is 13.2 Å². The topological polar surface area (TPSA) is 84.9 Å². The van der Waals surface area contributed by atoms with Crippen molar-refractivity contribution in [2.75, 3.05) is 13.7 Å². The number of rotatable bonds is 8. The third-order valence-electron chi connectivity index (χ3n) is 7.38. The highest BCUT2D eigenvalue weighted by Crippen LogP contribution is 2.56. The van der Waals surface area contributed by atoms with Crippen molar-refractivity contribution in [3.05, 3.63) is 58.9 Å². The zero-order chi connectivity index (χ0) is 24.5. The van der Waals surface area contributed by atoms with Gasteiger partial charge in [0.25, 0.3) is 5.91 Å². The predicted octanol–water partition coefficient (Wildman–Crippen LogP) is 4.85. The fourth-order valence-corrected chi connectivity index (χ4v) is 4.97. The molecule has 0 aliphatic heterocycles. The van der Waals surface area contributed by atoms with Gasteiger partial charge in [-0.25, -0.2) is 8.78 Å². The Hall–Kier alpha value is -3.23. The van der Waals surface area contributed by atoms with Crippen LogP contribution in [-0.2, 0) is 11.4 Å². The third kappa shape index (κ3) is 4.43. The van der Waals surface area contributed by atoms with Gasteiger partial charge in [0.2, 0.25) is 5.82 Å². The summed E-state index contributed by atoms with van der Waals surface area (Å²) >= 11 is 0. The number of hydrogen-bond acceptors (Lipinski definition) is 4. The molecule has 2 aromatic rings. The van der Waals surface area contributed by atoms with Gasteiger partial charge in [-0.05, 0) is 67.7 Å². The molecule has 182 valence electrons. The van der Waals surface area contributed by atoms with Crippen LogP contribution in [0.15, 0.2) is 30.3 Å². The fraction of sp³-hybridized carbons (Fsp3) is 0.440. The molecule has 1 amide bonds. The Bertz CT molecular complexity index is 1080. The van der Waals surface area contributed by atoms with Gasteiger partial charge >= 0.3 is 5.97 Å². The monoisotopic (exact) mass is 477 g/mol. The fourth-order valence-electron chi connectivity index (χ4n) is 4.97. The number of ether oxygens (including phenoxy) is 2. The highest BCUT2D eigenvalue weighted by atomic mass is 19.2. The lowest BCUT2D eigenvalue weighted by Gasteiger charge is -2.51. The Kier molecular flexibility index (Phi) is 6.47. The molecule has 0 heterocycles. The van der Waals surface area contributed by atoms with Gasteiger partial charge < -0.3 is 19.9 Å². The molecular weight excluding hydrogens is 451 g/mol. The number of carbonyl (C=O) groups is 2. The molecular formula is C25H26F3NO5. The van der Waals surface area contributed by atoms with Crippen LogP contribution in [0.1, 0.15) is 54.4 Å². The molecule has 0 unspecified atom stereocenters. The molecule has 3 aliphatic carbocycles. The van der Waals surface area contributed by atoms with E-state index in [1.807, 2.05) is 0 Å². The van der Waals surface area contributed by atoms with Crippen LogP contribution in [0.3, 0.4) is 0 Å². The number of methoxy groups -OCH3 is 1. The number of halogens is 3. The number of fused-ring (bicyclic) bond motifs is 3. The van der Waals surface area contributed by atoms with E-state index in [2.05, 4.69) is 5.32 Å². The average Bonchev–Trinajstić information content (AvgIpc) is 2.86. The second kappa shape index (κ2) is 9.19. The Morgan fingerprint density at radius 2 is 1.62 bits per heavy atom. The standard InChI is InChI=1S/C25H26F3NO5/c1-33-16-4-2-15(3-5-16)13-34-21-18(26)12-17(19(27)20(21)28)22(30)29-14-24-6-9-25(10-7-24,11-8-24)23(31)32/h2-5,12H,6-11,13-14H2,1H3,(H,29,30)(H,31,32)/t24-,25+. The minimum atomic E-state index is -1.57. The first kappa shape index (κ1) is 23.9. The first-order valence-electron chi connectivity index (χ1n) is 11.1. The van der Waals surface area contributed by atoms with Crippen molar-refractivity contribution in [1.29, 1.82) is 0 Å². The number of carboxylic acid groups (broad SMARTS) is 1. The molecule has 5 rings (SSSR count). The molecule has 0 saturated heterocycles. The van der Waals surface area contributed by atoms with Crippen LogP contribution in [-0.4, -0.2) is 30.6 Å². The summed E-state index contributed by atoms with van der Waals surface area (Å²) < 4.78 is 54.0. The van der Waals surface area contributed by atoms with Gasteiger partial charge in [-0.2, -0.15) is 4.39 Å². The third-order valence-corrected chi connectivity index (χ3v) is 7.38. The molecule has 0 aromatic heterocycles. The number of amides is 1. The summed E-state index contributed by atoms with van der Waals surface area (Å²) in [5.41, 5.74) is -1.11. The molecule has 9 heteroatoms. The minimum Gasteiger partial charge on any atom is -0.497 e. The Morgan fingerprint density at radius 1 is 1.00 bits per heavy atom. The molecule has 0 atom stereocenters. The lowest BCUT2D eigenvalue weighted by molar-refractivity contribution is -0.158. The van der Waals surface area contributed by atoms with Crippen LogP contribution in [0.5, 0.6) is 11.5 Å². The normalized spacial score (nSPS) is 23.4. The molecule has 3 aliphatic rings. The van der Waals surface area contributed by atoms with E-state index in [-0.39, 0.29) is 18.6 Å². The van der Waals surface area contributed by atoms with Crippen molar-refractivity contribution < 1.29 is 37.3 Å². The van der Waals surface area contributed by atoms with E-state index in [1.165, 1.54) is 7.11 Å². The molecule has 3 saturated carbocycles. The van der Waals surface area contributed by atoms with Crippen LogP contribution < -0.4 is 14.8 Å². The van der Waals surface area contributed by atoms with Crippen molar-refractivity contribution in [2.45, 2.75) is 45.1 Å². The summed E-state index contributed by atoms with van der Waals surface area (Å²) in [7, 11) is 1.50. The number of aliphatic carboxylic acids is 1. The van der Waals surface area contributed by atoms with Crippen LogP contribution in [0.25, 0.3) is 0 Å². The zero-order valence-corrected chi connectivity index (χ0v) is 18.8. The quantitative estimate of drug-likeness (QED) is 0.531. The highest BCUT2D eigenvalue weighted by molar-refractivity contribution is 5.94. The van der Waals surface area contributed by atoms with Gasteiger partial charge in [-0.15, -0.1) is 0 Å². The molecule has 2 aromatic carbocycles. The highest BCUT2D eigenvalue weighted by Gasteiger charge is 2.52. The first-order valence-corrected chi connectivity index (χ1v) is 11.1. The van der Waals surface area contributed by atoms with Gasteiger partial charge in [0, 0.05) is 6.54 Å². The van der Waals surface area contributed by atoms with Crippen molar-refractivity contribution in [3.8, 4) is 11.5 Å². The molecule has 0 spiro atoms. The van der Waals surface area contributed by atoms with Gasteiger partial charge in [0.1, 0.15) is 12.4 Å². The average molecular weight is 477 g/mol. The van der Waals surface area contributed by atoms with E-state index in [1.54, 1.807) is 24.3 Å². The molecule has 3 fully saturated rings. The maximum atomic E-state index is 14.6. The van der Waals surface area contributed by atoms with Gasteiger partial charge in [-0.1, -0.05) is 12.1 Å². The molecule has 6 nitrogen and oxygen atoms in total. The van der Waals surface area contributed by atoms with E-state index in [9.17, 15) is 27.9 Å². The molecule has 0 radical (unpaired) electrons. The van der Waals surface area contributed by atoms with Crippen molar-refractivity contribution in [1.82, 2.24) is 5.32 Å². The summed E-state index contributed by atoms with van der Waals surface area (Å²) in [5.74, 6) is -6.24. The van der Waals surface area contributed by atoms with Crippen LogP contribution in [0.2, 0.25) is 0 Å². The predicted molar refractivity (Wildman–Crippen MR) is 116 cm³/mol. The number of benzene rings is 2. The molecule has 34 heavy (non-hydrogen) atoms. The van der Waals surface area contributed by atoms with E-state index in [0.717, 1.165) is 0 Å². The van der Waals surface area contributed by atoms with Crippen molar-refractivity contribution >= 4 is 11.9 Å². The van der Waals surface area contributed by atoms with E-state index >= 15 is 0 Å². The lowest BCUT2D eigenvalue weighted by atomic mass is 9.53. The SMILES string of the molecule is COc1ccc(COc2c(F)cc(C(=O)NC[C@]34CC[C@](C(=O)O)(CC3)CC4)c(F)c2F)cc1. The second-order valence-electron chi connectivity index (χ2n) is 9.27. The van der Waals surface area contributed by atoms with E-state index < -0.39 is 46.1 Å². The number of hydrogen-bond donors (Lipinski definition) is 2. The summed E-state index contributed by atoms with van der Waals surface area (Å²) in [6.07, 6.45) is 3.46. The summed E-state index contributed by atoms with van der Waals surface area (Å²) in [5, 5.41) is 12.1. The smallest absolute Gasteiger partial charge is 0.309 e. The summed E-state index contributed by atoms with van der Waals surface area (Å²) in [6, 6.07) is 7.22. The Morgan fingerprint density at radius 3 is 2.18 bits per heavy atom. The van der Waals surface area contributed by atoms with Gasteiger partial charge in [0.15, 0.2) is 17.4 Å². The van der Waals surface area contributed by atoms with Crippen molar-refractivity contribution in [3.63, 3.8) is 0 Å². The summed E-state index contributed by atoms with van der Waals surface area (Å²) in [6.45, 7) is -0.0108. The Labute approximate surface area is 195 Å². The maximum Gasteiger partial charge on any atom is 0.309 e. The largest absolute Gasteiger partial charge is 0.497 e. The number of carboxylic acids is 1. The Balaban J connectivity index is 1.41. The second-order valence-corrected chi connectivity index (χ2v) is 9.27. The maximum absolute atomic E-state index is 14.6. The lowest BCUT2D eigenvalue weighted by Crippen LogP contribution is -2.50. The number of nitrogens with one attached hydrogen (secondary N) is 1. The molecule has 2 N–H and O–H groups in total. The molecule has 2 bridgehead atoms. The van der Waals surface area contributed by atoms with Crippen LogP contribution >= 0.6 is 0 Å². The van der Waals surface area contributed by atoms with Crippen molar-refractivity contribution in [2.24, 2.45) is 10.8 Å². The first-order chi connectivity index (χ1) is 16.2. The van der Waals surface area contributed by atoms with Gasteiger partial charge in [-0.3, -0.25) is 9.59 Å². The van der Waals surface area contributed by atoms with Crippen LogP contribution in [0, 0.1) is 28.3 Å². The number of carbonyl (C=O) groups excluding carboxylic acids is 1. The van der Waals surface area contributed by atoms with E-state index in [4.69, 9.17) is 9.47 Å². The van der Waals surface area contributed by atoms with Gasteiger partial charge in [0.05, 0.1) is 18.1 Å². The zero-order valence-electron chi connectivity index (χ0n) is 18.8. The summed E-state index contributed by atoms with van der Waals surface area (Å²) in [4.78, 5) is 24.1.